The summed E-state index contributed by atoms with van der Waals surface area (Å²) in [5.74, 6) is -0.272. The van der Waals surface area contributed by atoms with Gasteiger partial charge in [-0.2, -0.15) is 0 Å². The van der Waals surface area contributed by atoms with Crippen LogP contribution in [0.5, 0.6) is 0 Å². The molecule has 0 saturated carbocycles. The van der Waals surface area contributed by atoms with Gasteiger partial charge in [0.25, 0.3) is 11.8 Å². The first kappa shape index (κ1) is 14.3. The first-order valence-corrected chi connectivity index (χ1v) is 7.03. The van der Waals surface area contributed by atoms with Crippen molar-refractivity contribution in [2.45, 2.75) is 13.8 Å². The lowest BCUT2D eigenvalue weighted by atomic mass is 10.2. The maximum Gasteiger partial charge on any atom is 0.256 e. The third-order valence-electron chi connectivity index (χ3n) is 2.92. The maximum absolute atomic E-state index is 12.1. The second-order valence-electron chi connectivity index (χ2n) is 4.44. The normalized spacial score (nSPS) is 10.2. The average Bonchev–Trinajstić information content (AvgIpc) is 2.78. The topological polar surface area (TPSA) is 58.2 Å². The fraction of sp³-hybridized carbons (Fsp3) is 0.200. The van der Waals surface area contributed by atoms with Crippen molar-refractivity contribution >= 4 is 28.8 Å². The molecule has 1 aromatic carbocycles. The van der Waals surface area contributed by atoms with Crippen molar-refractivity contribution in [2.24, 2.45) is 0 Å². The van der Waals surface area contributed by atoms with Crippen LogP contribution in [0.2, 0.25) is 0 Å². The number of amides is 2. The summed E-state index contributed by atoms with van der Waals surface area (Å²) in [5, 5.41) is 5.39. The zero-order valence-electron chi connectivity index (χ0n) is 11.6. The van der Waals surface area contributed by atoms with Gasteiger partial charge in [0.2, 0.25) is 0 Å². The van der Waals surface area contributed by atoms with Crippen molar-refractivity contribution in [3.63, 3.8) is 0 Å². The molecule has 2 amide bonds. The van der Waals surface area contributed by atoms with Crippen molar-refractivity contribution in [2.75, 3.05) is 12.4 Å². The molecule has 104 valence electrons. The molecule has 20 heavy (non-hydrogen) atoms. The van der Waals surface area contributed by atoms with E-state index in [2.05, 4.69) is 10.6 Å². The number of aryl methyl sites for hydroxylation is 2. The number of hydrogen-bond donors (Lipinski definition) is 2. The number of nitrogens with one attached hydrogen (secondary N) is 2. The van der Waals surface area contributed by atoms with Crippen LogP contribution in [0, 0.1) is 13.8 Å². The number of anilines is 1. The van der Waals surface area contributed by atoms with Crippen LogP contribution in [0.25, 0.3) is 0 Å². The molecule has 0 radical (unpaired) electrons. The molecule has 0 spiro atoms. The highest BCUT2D eigenvalue weighted by atomic mass is 32.1. The summed E-state index contributed by atoms with van der Waals surface area (Å²) in [6.45, 7) is 3.91. The Bertz CT molecular complexity index is 644. The van der Waals surface area contributed by atoms with Gasteiger partial charge in [-0.05, 0) is 44.2 Å². The number of thiophene rings is 1. The Labute approximate surface area is 121 Å². The van der Waals surface area contributed by atoms with Crippen LogP contribution in [-0.4, -0.2) is 18.9 Å². The molecule has 4 nitrogen and oxygen atoms in total. The lowest BCUT2D eigenvalue weighted by molar-refractivity contribution is 0.0962. The molecule has 2 N–H and O–H groups in total. The molecule has 0 bridgehead atoms. The molecule has 0 aliphatic carbocycles. The predicted molar refractivity (Wildman–Crippen MR) is 81.6 cm³/mol. The molecule has 0 aliphatic rings. The highest BCUT2D eigenvalue weighted by molar-refractivity contribution is 7.12. The minimum Gasteiger partial charge on any atom is -0.355 e. The summed E-state index contributed by atoms with van der Waals surface area (Å²) in [6, 6.07) is 8.68. The molecule has 0 saturated heterocycles. The number of rotatable bonds is 3. The number of carbonyl (C=O) groups is 2. The first-order valence-electron chi connectivity index (χ1n) is 6.22. The van der Waals surface area contributed by atoms with Gasteiger partial charge in [-0.15, -0.1) is 11.3 Å². The number of hydrogen-bond acceptors (Lipinski definition) is 3. The zero-order valence-corrected chi connectivity index (χ0v) is 12.4. The standard InChI is InChI=1S/C15H16N2O2S/c1-9-8-13(10(2)20-9)15(19)17-12-6-4-11(5-7-12)14(18)16-3/h4-8H,1-3H3,(H,16,18)(H,17,19). The molecule has 2 rings (SSSR count). The largest absolute Gasteiger partial charge is 0.355 e. The summed E-state index contributed by atoms with van der Waals surface area (Å²) in [7, 11) is 1.58. The van der Waals surface area contributed by atoms with Gasteiger partial charge in [0, 0.05) is 28.1 Å². The maximum atomic E-state index is 12.1. The Hall–Kier alpha value is -2.14. The molecule has 5 heteroatoms. The highest BCUT2D eigenvalue weighted by Crippen LogP contribution is 2.21. The van der Waals surface area contributed by atoms with Crippen LogP contribution in [0.1, 0.15) is 30.5 Å². The monoisotopic (exact) mass is 288 g/mol. The quantitative estimate of drug-likeness (QED) is 0.912. The molecule has 0 atom stereocenters. The van der Waals surface area contributed by atoms with E-state index in [-0.39, 0.29) is 11.8 Å². The van der Waals surface area contributed by atoms with Gasteiger partial charge < -0.3 is 10.6 Å². The predicted octanol–water partition coefficient (Wildman–Crippen LogP) is 2.98. The third kappa shape index (κ3) is 3.05. The first-order chi connectivity index (χ1) is 9.51. The number of carbonyl (C=O) groups excluding carboxylic acids is 2. The van der Waals surface area contributed by atoms with Crippen LogP contribution >= 0.6 is 11.3 Å². The van der Waals surface area contributed by atoms with Gasteiger partial charge in [0.1, 0.15) is 0 Å². The molecule has 0 aliphatic heterocycles. The Morgan fingerprint density at radius 3 is 2.20 bits per heavy atom. The minimum atomic E-state index is -0.146. The average molecular weight is 288 g/mol. The van der Waals surface area contributed by atoms with Crippen molar-refractivity contribution in [1.29, 1.82) is 0 Å². The molecular formula is C15H16N2O2S. The highest BCUT2D eigenvalue weighted by Gasteiger charge is 2.12. The van der Waals surface area contributed by atoms with Gasteiger partial charge in [0.15, 0.2) is 0 Å². The van der Waals surface area contributed by atoms with Crippen molar-refractivity contribution < 1.29 is 9.59 Å². The minimum absolute atomic E-state index is 0.125. The summed E-state index contributed by atoms with van der Waals surface area (Å²) in [5.41, 5.74) is 1.93. The zero-order chi connectivity index (χ0) is 14.7. The van der Waals surface area contributed by atoms with E-state index < -0.39 is 0 Å². The fourth-order valence-electron chi connectivity index (χ4n) is 1.90. The van der Waals surface area contributed by atoms with Crippen molar-refractivity contribution in [3.05, 3.63) is 51.2 Å². The third-order valence-corrected chi connectivity index (χ3v) is 3.88. The van der Waals surface area contributed by atoms with E-state index in [0.717, 1.165) is 9.75 Å². The van der Waals surface area contributed by atoms with E-state index in [1.165, 1.54) is 0 Å². The van der Waals surface area contributed by atoms with Crippen LogP contribution < -0.4 is 10.6 Å². The number of benzene rings is 1. The summed E-state index contributed by atoms with van der Waals surface area (Å²) in [6.07, 6.45) is 0. The van der Waals surface area contributed by atoms with Crippen molar-refractivity contribution in [1.82, 2.24) is 5.32 Å². The fourth-order valence-corrected chi connectivity index (χ4v) is 2.83. The smallest absolute Gasteiger partial charge is 0.256 e. The second-order valence-corrected chi connectivity index (χ2v) is 5.90. The molecule has 0 unspecified atom stereocenters. The van der Waals surface area contributed by atoms with Crippen LogP contribution in [0.3, 0.4) is 0 Å². The lowest BCUT2D eigenvalue weighted by Gasteiger charge is -2.06. The van der Waals surface area contributed by atoms with E-state index in [1.54, 1.807) is 42.6 Å². The molecule has 1 aromatic heterocycles. The molecule has 0 fully saturated rings. The molecule has 1 heterocycles. The van der Waals surface area contributed by atoms with Crippen LogP contribution in [0.4, 0.5) is 5.69 Å². The van der Waals surface area contributed by atoms with Gasteiger partial charge in [-0.25, -0.2) is 0 Å². The van der Waals surface area contributed by atoms with Crippen molar-refractivity contribution in [3.8, 4) is 0 Å². The molecular weight excluding hydrogens is 272 g/mol. The Morgan fingerprint density at radius 1 is 1.05 bits per heavy atom. The van der Waals surface area contributed by atoms with Gasteiger partial charge >= 0.3 is 0 Å². The Kier molecular flexibility index (Phi) is 4.20. The van der Waals surface area contributed by atoms with Gasteiger partial charge in [0.05, 0.1) is 5.56 Å². The van der Waals surface area contributed by atoms with E-state index in [9.17, 15) is 9.59 Å². The second kappa shape index (κ2) is 5.88. The van der Waals surface area contributed by atoms with Gasteiger partial charge in [-0.3, -0.25) is 9.59 Å². The summed E-state index contributed by atoms with van der Waals surface area (Å²) < 4.78 is 0. The van der Waals surface area contributed by atoms with E-state index in [1.807, 2.05) is 19.9 Å². The Balaban J connectivity index is 2.12. The summed E-state index contributed by atoms with van der Waals surface area (Å²) >= 11 is 1.60. The van der Waals surface area contributed by atoms with E-state index in [0.29, 0.717) is 16.8 Å². The van der Waals surface area contributed by atoms with Gasteiger partial charge in [-0.1, -0.05) is 0 Å². The van der Waals surface area contributed by atoms with Crippen LogP contribution in [0.15, 0.2) is 30.3 Å². The van der Waals surface area contributed by atoms with E-state index in [4.69, 9.17) is 0 Å². The lowest BCUT2D eigenvalue weighted by Crippen LogP contribution is -2.17. The molecule has 2 aromatic rings. The van der Waals surface area contributed by atoms with E-state index >= 15 is 0 Å². The van der Waals surface area contributed by atoms with Crippen LogP contribution in [-0.2, 0) is 0 Å². The SMILES string of the molecule is CNC(=O)c1ccc(NC(=O)c2cc(C)sc2C)cc1. The summed E-state index contributed by atoms with van der Waals surface area (Å²) in [4.78, 5) is 25.7. The Morgan fingerprint density at radius 2 is 1.70 bits per heavy atom.